The van der Waals surface area contributed by atoms with E-state index < -0.39 is 11.9 Å². The fourth-order valence-corrected chi connectivity index (χ4v) is 3.20. The molecule has 1 fully saturated rings. The second-order valence-electron chi connectivity index (χ2n) is 5.33. The number of hydrogen-bond acceptors (Lipinski definition) is 6. The smallest absolute Gasteiger partial charge is 0.311 e. The number of aliphatic carboxylic acids is 1. The van der Waals surface area contributed by atoms with Crippen LogP contribution in [0, 0.1) is 5.92 Å². The number of aromatic nitrogens is 2. The molecule has 1 aliphatic rings. The van der Waals surface area contributed by atoms with Gasteiger partial charge in [-0.25, -0.2) is 4.98 Å². The highest BCUT2D eigenvalue weighted by atomic mass is 32.1. The van der Waals surface area contributed by atoms with Gasteiger partial charge >= 0.3 is 5.97 Å². The Morgan fingerprint density at radius 3 is 2.85 bits per heavy atom. The molecule has 112 valence electrons. The summed E-state index contributed by atoms with van der Waals surface area (Å²) >= 11 is 1.34. The first-order chi connectivity index (χ1) is 9.54. The van der Waals surface area contributed by atoms with Gasteiger partial charge in [-0.3, -0.25) is 4.79 Å². The summed E-state index contributed by atoms with van der Waals surface area (Å²) in [4.78, 5) is 17.9. The molecule has 1 aromatic rings. The highest BCUT2D eigenvalue weighted by Gasteiger charge is 2.39. The van der Waals surface area contributed by atoms with E-state index in [4.69, 9.17) is 4.74 Å². The highest BCUT2D eigenvalue weighted by molar-refractivity contribution is 7.09. The Hall–Kier alpha value is -1.21. The van der Waals surface area contributed by atoms with E-state index in [1.165, 1.54) is 11.5 Å². The molecule has 1 N–H and O–H groups in total. The van der Waals surface area contributed by atoms with Gasteiger partial charge < -0.3 is 14.7 Å². The van der Waals surface area contributed by atoms with Gasteiger partial charge in [0, 0.05) is 24.0 Å². The predicted octanol–water partition coefficient (Wildman–Crippen LogP) is 1.98. The molecule has 2 rings (SSSR count). The van der Waals surface area contributed by atoms with E-state index in [1.54, 1.807) is 0 Å². The van der Waals surface area contributed by atoms with Crippen molar-refractivity contribution in [3.05, 3.63) is 5.82 Å². The summed E-state index contributed by atoms with van der Waals surface area (Å²) in [6.45, 7) is 7.65. The average Bonchev–Trinajstić information content (AvgIpc) is 3.05. The Labute approximate surface area is 122 Å². The van der Waals surface area contributed by atoms with Crippen molar-refractivity contribution in [2.45, 2.75) is 39.2 Å². The van der Waals surface area contributed by atoms with Gasteiger partial charge in [-0.05, 0) is 6.42 Å². The third-order valence-corrected chi connectivity index (χ3v) is 4.19. The lowest BCUT2D eigenvalue weighted by Crippen LogP contribution is -2.43. The van der Waals surface area contributed by atoms with Crippen LogP contribution >= 0.6 is 11.5 Å². The van der Waals surface area contributed by atoms with E-state index in [0.29, 0.717) is 6.61 Å². The number of nitrogens with zero attached hydrogens (tertiary/aromatic N) is 3. The molecule has 0 radical (unpaired) electrons. The van der Waals surface area contributed by atoms with Gasteiger partial charge in [0.15, 0.2) is 0 Å². The van der Waals surface area contributed by atoms with Crippen LogP contribution in [0.2, 0.25) is 0 Å². The molecular formula is C13H21N3O3S. The van der Waals surface area contributed by atoms with Crippen LogP contribution in [0.5, 0.6) is 0 Å². The molecule has 0 spiro atoms. The molecule has 1 aromatic heterocycles. The van der Waals surface area contributed by atoms with E-state index in [0.717, 1.165) is 23.9 Å². The van der Waals surface area contributed by atoms with Crippen LogP contribution in [-0.2, 0) is 9.53 Å². The molecule has 0 bridgehead atoms. The Kier molecular flexibility index (Phi) is 4.93. The molecule has 0 saturated carbocycles. The van der Waals surface area contributed by atoms with Crippen LogP contribution in [0.25, 0.3) is 0 Å². The Bertz CT molecular complexity index is 463. The lowest BCUT2D eigenvalue weighted by atomic mass is 10.0. The lowest BCUT2D eigenvalue weighted by Gasteiger charge is -2.29. The molecule has 2 atom stereocenters. The summed E-state index contributed by atoms with van der Waals surface area (Å²) in [5.74, 6) is -0.203. The first-order valence-electron chi connectivity index (χ1n) is 6.95. The van der Waals surface area contributed by atoms with Gasteiger partial charge in [-0.1, -0.05) is 20.8 Å². The van der Waals surface area contributed by atoms with E-state index in [2.05, 4.69) is 35.0 Å². The van der Waals surface area contributed by atoms with Crippen molar-refractivity contribution in [2.75, 3.05) is 24.7 Å². The van der Waals surface area contributed by atoms with E-state index in [9.17, 15) is 9.90 Å². The van der Waals surface area contributed by atoms with Gasteiger partial charge in [0.1, 0.15) is 11.7 Å². The topological polar surface area (TPSA) is 75.5 Å². The minimum atomic E-state index is -0.804. The largest absolute Gasteiger partial charge is 0.481 e. The zero-order chi connectivity index (χ0) is 14.7. The number of rotatable bonds is 6. The molecule has 0 amide bonds. The molecule has 6 nitrogen and oxygen atoms in total. The third-order valence-electron chi connectivity index (χ3n) is 3.43. The molecule has 2 unspecified atom stereocenters. The molecule has 1 aliphatic heterocycles. The zero-order valence-corrected chi connectivity index (χ0v) is 12.9. The van der Waals surface area contributed by atoms with Crippen LogP contribution in [0.1, 0.15) is 38.9 Å². The van der Waals surface area contributed by atoms with Crippen LogP contribution in [0.3, 0.4) is 0 Å². The van der Waals surface area contributed by atoms with Gasteiger partial charge in [-0.15, -0.1) is 0 Å². The Balaban J connectivity index is 2.23. The normalized spacial score (nSPS) is 22.4. The number of hydrogen-bond donors (Lipinski definition) is 1. The maximum atomic E-state index is 11.3. The van der Waals surface area contributed by atoms with Crippen molar-refractivity contribution in [3.8, 4) is 0 Å². The molecule has 7 heteroatoms. The molecule has 2 heterocycles. The second-order valence-corrected chi connectivity index (χ2v) is 6.06. The predicted molar refractivity (Wildman–Crippen MR) is 77.4 cm³/mol. The Morgan fingerprint density at radius 1 is 1.55 bits per heavy atom. The molecular weight excluding hydrogens is 278 g/mol. The monoisotopic (exact) mass is 299 g/mol. The molecule has 1 saturated heterocycles. The van der Waals surface area contributed by atoms with Crippen molar-refractivity contribution < 1.29 is 14.6 Å². The summed E-state index contributed by atoms with van der Waals surface area (Å²) in [5, 5.41) is 10.1. The van der Waals surface area contributed by atoms with Crippen molar-refractivity contribution >= 4 is 22.6 Å². The van der Waals surface area contributed by atoms with Gasteiger partial charge in [0.05, 0.1) is 19.3 Å². The number of carboxylic acid groups (broad SMARTS) is 1. The summed E-state index contributed by atoms with van der Waals surface area (Å²) in [6.07, 6.45) is 0.930. The standard InChI is InChI=1S/C13H21N3O3S/c1-4-5-16(10-7-19-6-9(10)12(17)18)13-14-11(8(2)3)15-20-13/h8-10H,4-7H2,1-3H3,(H,17,18). The number of anilines is 1. The van der Waals surface area contributed by atoms with E-state index in [1.807, 2.05) is 0 Å². The summed E-state index contributed by atoms with van der Waals surface area (Å²) < 4.78 is 9.73. The average molecular weight is 299 g/mol. The zero-order valence-electron chi connectivity index (χ0n) is 12.1. The Morgan fingerprint density at radius 2 is 2.30 bits per heavy atom. The molecule has 20 heavy (non-hydrogen) atoms. The first-order valence-corrected chi connectivity index (χ1v) is 7.72. The van der Waals surface area contributed by atoms with Crippen LogP contribution < -0.4 is 4.90 Å². The minimum Gasteiger partial charge on any atom is -0.481 e. The highest BCUT2D eigenvalue weighted by Crippen LogP contribution is 2.28. The van der Waals surface area contributed by atoms with Crippen molar-refractivity contribution in [2.24, 2.45) is 5.92 Å². The fourth-order valence-electron chi connectivity index (χ4n) is 2.31. The summed E-state index contributed by atoms with van der Waals surface area (Å²) in [7, 11) is 0. The molecule has 0 aromatic carbocycles. The maximum absolute atomic E-state index is 11.3. The number of carbonyl (C=O) groups is 1. The van der Waals surface area contributed by atoms with Crippen LogP contribution in [0.4, 0.5) is 5.13 Å². The minimum absolute atomic E-state index is 0.152. The summed E-state index contributed by atoms with van der Waals surface area (Å²) in [5.41, 5.74) is 0. The quantitative estimate of drug-likeness (QED) is 0.865. The summed E-state index contributed by atoms with van der Waals surface area (Å²) in [6, 6.07) is -0.152. The molecule has 0 aliphatic carbocycles. The van der Waals surface area contributed by atoms with Gasteiger partial charge in [0.2, 0.25) is 5.13 Å². The third kappa shape index (κ3) is 3.09. The van der Waals surface area contributed by atoms with Crippen molar-refractivity contribution in [3.63, 3.8) is 0 Å². The number of carboxylic acids is 1. The van der Waals surface area contributed by atoms with Crippen molar-refractivity contribution in [1.82, 2.24) is 9.36 Å². The van der Waals surface area contributed by atoms with Gasteiger partial charge in [-0.2, -0.15) is 4.37 Å². The first kappa shape index (κ1) is 15.2. The van der Waals surface area contributed by atoms with Crippen LogP contribution in [0.15, 0.2) is 0 Å². The fraction of sp³-hybridized carbons (Fsp3) is 0.769. The van der Waals surface area contributed by atoms with E-state index in [-0.39, 0.29) is 18.6 Å². The second kappa shape index (κ2) is 6.49. The van der Waals surface area contributed by atoms with Gasteiger partial charge in [0.25, 0.3) is 0 Å². The number of ether oxygens (including phenoxy) is 1. The van der Waals surface area contributed by atoms with Crippen LogP contribution in [-0.4, -0.2) is 46.2 Å². The SMILES string of the molecule is CCCN(c1nc(C(C)C)ns1)C1COCC1C(=O)O. The van der Waals surface area contributed by atoms with Crippen molar-refractivity contribution in [1.29, 1.82) is 0 Å². The van der Waals surface area contributed by atoms with E-state index >= 15 is 0 Å². The lowest BCUT2D eigenvalue weighted by molar-refractivity contribution is -0.141. The maximum Gasteiger partial charge on any atom is 0.311 e.